The highest BCUT2D eigenvalue weighted by molar-refractivity contribution is 5.93. The molecule has 6 aromatic carbocycles. The third kappa shape index (κ3) is 4.36. The fourth-order valence-corrected chi connectivity index (χ4v) is 12.6. The third-order valence-electron chi connectivity index (χ3n) is 14.5. The molecule has 0 unspecified atom stereocenters. The van der Waals surface area contributed by atoms with Gasteiger partial charge in [-0.2, -0.15) is 0 Å². The van der Waals surface area contributed by atoms with E-state index in [1.54, 1.807) is 5.56 Å². The summed E-state index contributed by atoms with van der Waals surface area (Å²) in [5.41, 5.74) is 16.8. The van der Waals surface area contributed by atoms with Crippen molar-refractivity contribution in [3.05, 3.63) is 162 Å². The second-order valence-electron chi connectivity index (χ2n) is 17.6. The maximum atomic E-state index is 5.48. The monoisotopic (exact) mass is 709 g/mol. The van der Waals surface area contributed by atoms with E-state index in [1.165, 1.54) is 87.7 Å². The minimum Gasteiger partial charge on any atom is -0.208 e. The average Bonchev–Trinajstić information content (AvgIpc) is 3.66. The van der Waals surface area contributed by atoms with Crippen molar-refractivity contribution in [2.75, 3.05) is 0 Å². The van der Waals surface area contributed by atoms with Gasteiger partial charge in [0.1, 0.15) is 0 Å². The number of benzene rings is 6. The number of nitrogens with zero attached hydrogens (tertiary/aromatic N) is 3. The predicted molar refractivity (Wildman–Crippen MR) is 222 cm³/mol. The largest absolute Gasteiger partial charge is 0.208 e. The molecule has 1 spiro atoms. The van der Waals surface area contributed by atoms with E-state index in [2.05, 4.69) is 153 Å². The maximum absolute atomic E-state index is 5.48. The van der Waals surface area contributed by atoms with Gasteiger partial charge in [0.05, 0.1) is 0 Å². The topological polar surface area (TPSA) is 38.7 Å². The van der Waals surface area contributed by atoms with Gasteiger partial charge >= 0.3 is 0 Å². The van der Waals surface area contributed by atoms with Gasteiger partial charge < -0.3 is 0 Å². The number of fused-ring (bicyclic) bond motifs is 6. The van der Waals surface area contributed by atoms with Gasteiger partial charge in [-0.25, -0.2) is 15.0 Å². The second-order valence-corrected chi connectivity index (χ2v) is 17.6. The zero-order valence-corrected chi connectivity index (χ0v) is 31.5. The summed E-state index contributed by atoms with van der Waals surface area (Å²) in [5.74, 6) is 5.28. The number of rotatable bonds is 4. The van der Waals surface area contributed by atoms with Crippen molar-refractivity contribution in [2.45, 2.75) is 56.8 Å². The molecule has 0 N–H and O–H groups in total. The molecule has 266 valence electrons. The molecule has 1 aromatic heterocycles. The van der Waals surface area contributed by atoms with Gasteiger partial charge in [0.2, 0.25) is 0 Å². The minimum absolute atomic E-state index is 0.00726. The number of aromatic nitrogens is 3. The first-order valence-electron chi connectivity index (χ1n) is 20.4. The average molecular weight is 710 g/mol. The molecule has 0 saturated heterocycles. The normalized spacial score (nSPS) is 24.4. The van der Waals surface area contributed by atoms with Crippen LogP contribution in [0.5, 0.6) is 0 Å². The summed E-state index contributed by atoms with van der Waals surface area (Å²) in [6.07, 6.45) is 6.79. The summed E-state index contributed by atoms with van der Waals surface area (Å²) < 4.78 is 0. The molecule has 7 aromatic rings. The van der Waals surface area contributed by atoms with Gasteiger partial charge in [0.25, 0.3) is 0 Å². The summed E-state index contributed by atoms with van der Waals surface area (Å²) in [5, 5.41) is 0. The Morgan fingerprint density at radius 2 is 0.945 bits per heavy atom. The lowest BCUT2D eigenvalue weighted by Gasteiger charge is -2.61. The van der Waals surface area contributed by atoms with Crippen molar-refractivity contribution < 1.29 is 0 Å². The quantitative estimate of drug-likeness (QED) is 0.183. The molecule has 6 aliphatic carbocycles. The van der Waals surface area contributed by atoms with Crippen LogP contribution in [0, 0.1) is 23.7 Å². The van der Waals surface area contributed by atoms with Crippen LogP contribution in [0.1, 0.15) is 68.2 Å². The molecule has 1 heterocycles. The first kappa shape index (κ1) is 31.7. The molecule has 13 rings (SSSR count). The molecule has 4 bridgehead atoms. The Morgan fingerprint density at radius 1 is 0.418 bits per heavy atom. The Morgan fingerprint density at radius 3 is 1.73 bits per heavy atom. The van der Waals surface area contributed by atoms with Crippen LogP contribution in [0.2, 0.25) is 0 Å². The number of hydrogen-bond acceptors (Lipinski definition) is 3. The molecular weight excluding hydrogens is 667 g/mol. The maximum Gasteiger partial charge on any atom is 0.164 e. The van der Waals surface area contributed by atoms with Gasteiger partial charge in [-0.15, -0.1) is 0 Å². The molecule has 4 fully saturated rings. The van der Waals surface area contributed by atoms with Gasteiger partial charge in [-0.3, -0.25) is 0 Å². The first-order valence-corrected chi connectivity index (χ1v) is 20.4. The van der Waals surface area contributed by atoms with Gasteiger partial charge in [-0.05, 0) is 117 Å². The van der Waals surface area contributed by atoms with Crippen LogP contribution >= 0.6 is 0 Å². The lowest BCUT2D eigenvalue weighted by molar-refractivity contribution is -0.0397. The van der Waals surface area contributed by atoms with Crippen LogP contribution in [0.15, 0.2) is 140 Å². The van der Waals surface area contributed by atoms with E-state index in [0.717, 1.165) is 34.6 Å². The van der Waals surface area contributed by atoms with Crippen molar-refractivity contribution in [1.29, 1.82) is 0 Å². The minimum atomic E-state index is -0.0581. The van der Waals surface area contributed by atoms with Crippen LogP contribution < -0.4 is 0 Å². The molecule has 0 radical (unpaired) electrons. The van der Waals surface area contributed by atoms with Crippen molar-refractivity contribution in [2.24, 2.45) is 23.7 Å². The Labute approximate surface area is 323 Å². The predicted octanol–water partition coefficient (Wildman–Crippen LogP) is 12.6. The second kappa shape index (κ2) is 11.4. The Bertz CT molecular complexity index is 2680. The Kier molecular flexibility index (Phi) is 6.58. The van der Waals surface area contributed by atoms with E-state index >= 15 is 0 Å². The highest BCUT2D eigenvalue weighted by Crippen LogP contribution is 2.70. The summed E-state index contributed by atoms with van der Waals surface area (Å²) in [6, 6.07) is 51.3. The van der Waals surface area contributed by atoms with Gasteiger partial charge in [0, 0.05) is 27.5 Å². The molecule has 3 nitrogen and oxygen atoms in total. The summed E-state index contributed by atoms with van der Waals surface area (Å²) in [7, 11) is 0. The van der Waals surface area contributed by atoms with Crippen molar-refractivity contribution in [3.63, 3.8) is 0 Å². The zero-order chi connectivity index (χ0) is 36.5. The lowest BCUT2D eigenvalue weighted by atomic mass is 9.43. The molecular formula is C52H43N3. The standard InChI is InChI=1S/C52H43N3/c1-51(2)43-22-8-7-18-41(43)46-38(19-12-24-45(46)51)34-15-10-16-35(30-34)49-53-48(33-13-4-3-5-14-33)54-50(55-49)42-21-11-20-40-39-17-6-9-23-44(39)52(47(40)42)36-26-31-25-32(28-36)29-37(52)27-31/h3-24,30-32,36-37H,25-29H2,1-2H3. The van der Waals surface area contributed by atoms with Crippen molar-refractivity contribution in [3.8, 4) is 67.5 Å². The zero-order valence-electron chi connectivity index (χ0n) is 31.5. The molecule has 3 heteroatoms. The van der Waals surface area contributed by atoms with E-state index in [4.69, 9.17) is 15.0 Å². The summed E-state index contributed by atoms with van der Waals surface area (Å²) >= 11 is 0. The fourth-order valence-electron chi connectivity index (χ4n) is 12.6. The first-order chi connectivity index (χ1) is 27.0. The Hall–Kier alpha value is -5.67. The van der Waals surface area contributed by atoms with E-state index in [-0.39, 0.29) is 10.8 Å². The summed E-state index contributed by atoms with van der Waals surface area (Å²) in [6.45, 7) is 4.70. The van der Waals surface area contributed by atoms with Crippen molar-refractivity contribution >= 4 is 0 Å². The SMILES string of the molecule is CC1(C)c2ccccc2-c2c(-c3cccc(-c4nc(-c5ccccc5)nc(-c5cccc6c5C5(c7ccccc7-6)C6CC7CC(C6)CC5C7)n4)c3)cccc21. The van der Waals surface area contributed by atoms with Crippen LogP contribution in [0.4, 0.5) is 0 Å². The van der Waals surface area contributed by atoms with Crippen molar-refractivity contribution in [1.82, 2.24) is 15.0 Å². The molecule has 0 aliphatic heterocycles. The molecule has 55 heavy (non-hydrogen) atoms. The highest BCUT2D eigenvalue weighted by atomic mass is 15.0. The van der Waals surface area contributed by atoms with Crippen LogP contribution in [0.25, 0.3) is 67.5 Å². The van der Waals surface area contributed by atoms with E-state index < -0.39 is 0 Å². The van der Waals surface area contributed by atoms with E-state index in [9.17, 15) is 0 Å². The number of hydrogen-bond donors (Lipinski definition) is 0. The molecule has 0 atom stereocenters. The van der Waals surface area contributed by atoms with Crippen LogP contribution in [-0.2, 0) is 10.8 Å². The summed E-state index contributed by atoms with van der Waals surface area (Å²) in [4.78, 5) is 16.1. The lowest BCUT2D eigenvalue weighted by Crippen LogP contribution is -2.55. The van der Waals surface area contributed by atoms with E-state index in [0.29, 0.717) is 17.7 Å². The van der Waals surface area contributed by atoms with Gasteiger partial charge in [-0.1, -0.05) is 147 Å². The smallest absolute Gasteiger partial charge is 0.164 e. The Balaban J connectivity index is 1.06. The van der Waals surface area contributed by atoms with Crippen LogP contribution in [-0.4, -0.2) is 15.0 Å². The third-order valence-corrected chi connectivity index (χ3v) is 14.5. The molecule has 6 aliphatic rings. The van der Waals surface area contributed by atoms with Gasteiger partial charge in [0.15, 0.2) is 17.5 Å². The van der Waals surface area contributed by atoms with E-state index in [1.807, 2.05) is 0 Å². The molecule has 4 saturated carbocycles. The van der Waals surface area contributed by atoms with Crippen LogP contribution in [0.3, 0.4) is 0 Å². The molecule has 0 amide bonds. The fraction of sp³-hybridized carbons (Fsp3) is 0.250. The highest BCUT2D eigenvalue weighted by Gasteiger charge is 2.62.